The topological polar surface area (TPSA) is 72.2 Å². The number of nitrogens with two attached hydrogens (primary N) is 1. The predicted octanol–water partition coefficient (Wildman–Crippen LogP) is 1.77. The number of rotatable bonds is 7. The van der Waals surface area contributed by atoms with Crippen molar-refractivity contribution in [3.63, 3.8) is 0 Å². The molecule has 0 aliphatic heterocycles. The third-order valence-electron chi connectivity index (χ3n) is 3.12. The minimum absolute atomic E-state index is 0.0105. The Bertz CT molecular complexity index is 515. The van der Waals surface area contributed by atoms with Gasteiger partial charge in [-0.25, -0.2) is 13.1 Å². The molecule has 0 bridgehead atoms. The third kappa shape index (κ3) is 4.89. The van der Waals surface area contributed by atoms with Gasteiger partial charge in [-0.15, -0.1) is 0 Å². The number of sulfonamides is 1. The molecule has 19 heavy (non-hydrogen) atoms. The Labute approximate surface area is 120 Å². The van der Waals surface area contributed by atoms with Crippen LogP contribution in [0.25, 0.3) is 0 Å². The fourth-order valence-corrected chi connectivity index (χ4v) is 2.98. The van der Waals surface area contributed by atoms with Crippen LogP contribution in [0, 0.1) is 0 Å². The SMILES string of the molecule is CC(CCNS(=O)(=O)C(C)C(N)=S)c1ccccc1. The van der Waals surface area contributed by atoms with Crippen LogP contribution in [0.15, 0.2) is 30.3 Å². The van der Waals surface area contributed by atoms with Gasteiger partial charge in [0.1, 0.15) is 5.25 Å². The van der Waals surface area contributed by atoms with Crippen LogP contribution in [0.3, 0.4) is 0 Å². The van der Waals surface area contributed by atoms with Gasteiger partial charge in [0, 0.05) is 6.54 Å². The van der Waals surface area contributed by atoms with Crippen LogP contribution in [0.5, 0.6) is 0 Å². The van der Waals surface area contributed by atoms with Crippen LogP contribution in [-0.2, 0) is 10.0 Å². The number of benzene rings is 1. The van der Waals surface area contributed by atoms with E-state index in [-0.39, 0.29) is 4.99 Å². The quantitative estimate of drug-likeness (QED) is 0.753. The molecule has 106 valence electrons. The van der Waals surface area contributed by atoms with E-state index in [0.717, 1.165) is 6.42 Å². The maximum absolute atomic E-state index is 11.8. The first kappa shape index (κ1) is 16.1. The van der Waals surface area contributed by atoms with Gasteiger partial charge in [-0.05, 0) is 24.8 Å². The van der Waals surface area contributed by atoms with Crippen LogP contribution in [0.2, 0.25) is 0 Å². The van der Waals surface area contributed by atoms with E-state index in [4.69, 9.17) is 18.0 Å². The molecule has 0 aliphatic carbocycles. The summed E-state index contributed by atoms with van der Waals surface area (Å²) in [5.74, 6) is 0.295. The molecule has 0 amide bonds. The molecule has 0 aliphatic rings. The van der Waals surface area contributed by atoms with E-state index in [0.29, 0.717) is 12.5 Å². The van der Waals surface area contributed by atoms with Gasteiger partial charge in [-0.1, -0.05) is 49.5 Å². The molecule has 1 rings (SSSR count). The van der Waals surface area contributed by atoms with Crippen molar-refractivity contribution >= 4 is 27.2 Å². The summed E-state index contributed by atoms with van der Waals surface area (Å²) in [5.41, 5.74) is 6.56. The smallest absolute Gasteiger partial charge is 0.220 e. The second-order valence-corrected chi connectivity index (χ2v) is 7.14. The lowest BCUT2D eigenvalue weighted by molar-refractivity contribution is 0.569. The van der Waals surface area contributed by atoms with Crippen molar-refractivity contribution in [1.82, 2.24) is 4.72 Å². The third-order valence-corrected chi connectivity index (χ3v) is 5.41. The van der Waals surface area contributed by atoms with Gasteiger partial charge in [-0.2, -0.15) is 0 Å². The average molecular weight is 300 g/mol. The Balaban J connectivity index is 2.49. The second-order valence-electron chi connectivity index (χ2n) is 4.58. The molecular weight excluding hydrogens is 280 g/mol. The normalized spacial score (nSPS) is 14.8. The highest BCUT2D eigenvalue weighted by atomic mass is 32.2. The zero-order chi connectivity index (χ0) is 14.5. The van der Waals surface area contributed by atoms with Crippen molar-refractivity contribution in [3.8, 4) is 0 Å². The molecule has 3 N–H and O–H groups in total. The Morgan fingerprint density at radius 2 is 1.89 bits per heavy atom. The second kappa shape index (κ2) is 6.98. The maximum atomic E-state index is 11.8. The van der Waals surface area contributed by atoms with Gasteiger partial charge in [-0.3, -0.25) is 0 Å². The van der Waals surface area contributed by atoms with Crippen molar-refractivity contribution in [2.24, 2.45) is 5.73 Å². The Morgan fingerprint density at radius 1 is 1.32 bits per heavy atom. The minimum atomic E-state index is -3.45. The van der Waals surface area contributed by atoms with Gasteiger partial charge >= 0.3 is 0 Å². The summed E-state index contributed by atoms with van der Waals surface area (Å²) in [6.07, 6.45) is 0.729. The fourth-order valence-electron chi connectivity index (χ4n) is 1.64. The van der Waals surface area contributed by atoms with Crippen LogP contribution in [0.1, 0.15) is 31.7 Å². The minimum Gasteiger partial charge on any atom is -0.392 e. The van der Waals surface area contributed by atoms with E-state index >= 15 is 0 Å². The van der Waals surface area contributed by atoms with Gasteiger partial charge in [0.05, 0.1) is 4.99 Å². The first-order valence-electron chi connectivity index (χ1n) is 6.17. The molecule has 6 heteroatoms. The lowest BCUT2D eigenvalue weighted by atomic mass is 9.98. The Morgan fingerprint density at radius 3 is 2.42 bits per heavy atom. The average Bonchev–Trinajstić information content (AvgIpc) is 2.38. The Kier molecular flexibility index (Phi) is 5.90. The van der Waals surface area contributed by atoms with E-state index in [9.17, 15) is 8.42 Å². The first-order chi connectivity index (χ1) is 8.84. The molecule has 0 fully saturated rings. The lowest BCUT2D eigenvalue weighted by Crippen LogP contribution is -2.40. The highest BCUT2D eigenvalue weighted by molar-refractivity contribution is 7.93. The van der Waals surface area contributed by atoms with E-state index in [1.165, 1.54) is 12.5 Å². The van der Waals surface area contributed by atoms with Crippen molar-refractivity contribution in [1.29, 1.82) is 0 Å². The van der Waals surface area contributed by atoms with Gasteiger partial charge < -0.3 is 5.73 Å². The summed E-state index contributed by atoms with van der Waals surface area (Å²) in [4.78, 5) is -0.0105. The molecule has 1 aromatic carbocycles. The summed E-state index contributed by atoms with van der Waals surface area (Å²) in [6, 6.07) is 9.99. The van der Waals surface area contributed by atoms with Crippen LogP contribution < -0.4 is 10.5 Å². The summed E-state index contributed by atoms with van der Waals surface area (Å²) >= 11 is 4.70. The van der Waals surface area contributed by atoms with E-state index < -0.39 is 15.3 Å². The molecule has 4 nitrogen and oxygen atoms in total. The molecule has 0 spiro atoms. The standard InChI is InChI=1S/C13H20N2O2S2/c1-10(12-6-4-3-5-7-12)8-9-15-19(16,17)11(2)13(14)18/h3-7,10-11,15H,8-9H2,1-2H3,(H2,14,18). The molecular formula is C13H20N2O2S2. The molecule has 0 heterocycles. The fraction of sp³-hybridized carbons (Fsp3) is 0.462. The van der Waals surface area contributed by atoms with E-state index in [1.807, 2.05) is 30.3 Å². The summed E-state index contributed by atoms with van der Waals surface area (Å²) in [5, 5.41) is -0.838. The lowest BCUT2D eigenvalue weighted by Gasteiger charge is -2.15. The maximum Gasteiger partial charge on any atom is 0.220 e. The van der Waals surface area contributed by atoms with Crippen molar-refractivity contribution < 1.29 is 8.42 Å². The van der Waals surface area contributed by atoms with E-state index in [2.05, 4.69) is 11.6 Å². The van der Waals surface area contributed by atoms with Crippen molar-refractivity contribution in [3.05, 3.63) is 35.9 Å². The molecule has 0 saturated carbocycles. The van der Waals surface area contributed by atoms with Crippen molar-refractivity contribution in [2.75, 3.05) is 6.54 Å². The van der Waals surface area contributed by atoms with Crippen molar-refractivity contribution in [2.45, 2.75) is 31.4 Å². The van der Waals surface area contributed by atoms with Gasteiger partial charge in [0.25, 0.3) is 0 Å². The number of hydrogen-bond acceptors (Lipinski definition) is 3. The molecule has 1 aromatic rings. The largest absolute Gasteiger partial charge is 0.392 e. The molecule has 0 radical (unpaired) electrons. The monoisotopic (exact) mass is 300 g/mol. The zero-order valence-electron chi connectivity index (χ0n) is 11.2. The summed E-state index contributed by atoms with van der Waals surface area (Å²) < 4.78 is 26.2. The van der Waals surface area contributed by atoms with Crippen LogP contribution in [0.4, 0.5) is 0 Å². The molecule has 0 saturated heterocycles. The highest BCUT2D eigenvalue weighted by Crippen LogP contribution is 2.17. The number of nitrogens with one attached hydrogen (secondary N) is 1. The van der Waals surface area contributed by atoms with Crippen LogP contribution >= 0.6 is 12.2 Å². The predicted molar refractivity (Wildman–Crippen MR) is 82.6 cm³/mol. The van der Waals surface area contributed by atoms with Gasteiger partial charge in [0.15, 0.2) is 0 Å². The highest BCUT2D eigenvalue weighted by Gasteiger charge is 2.22. The summed E-state index contributed by atoms with van der Waals surface area (Å²) in [7, 11) is -3.45. The molecule has 2 atom stereocenters. The Hall–Kier alpha value is -0.980. The molecule has 0 aromatic heterocycles. The number of hydrogen-bond donors (Lipinski definition) is 2. The van der Waals surface area contributed by atoms with Gasteiger partial charge in [0.2, 0.25) is 10.0 Å². The summed E-state index contributed by atoms with van der Waals surface area (Å²) in [6.45, 7) is 3.94. The number of thiocarbonyl (C=S) groups is 1. The molecule has 2 unspecified atom stereocenters. The zero-order valence-corrected chi connectivity index (χ0v) is 12.8. The van der Waals surface area contributed by atoms with Crippen LogP contribution in [-0.4, -0.2) is 25.2 Å². The first-order valence-corrected chi connectivity index (χ1v) is 8.13. The van der Waals surface area contributed by atoms with E-state index in [1.54, 1.807) is 0 Å².